The maximum Gasteiger partial charge on any atom is 0.143 e. The zero-order valence-electron chi connectivity index (χ0n) is 30.7. The van der Waals surface area contributed by atoms with E-state index in [4.69, 9.17) is 9.15 Å². The zero-order valence-corrected chi connectivity index (χ0v) is 30.7. The third kappa shape index (κ3) is 4.62. The first-order chi connectivity index (χ1) is 27.2. The quantitative estimate of drug-likeness (QED) is 0.178. The van der Waals surface area contributed by atoms with E-state index in [-0.39, 0.29) is 5.41 Å². The molecule has 55 heavy (non-hydrogen) atoms. The van der Waals surface area contributed by atoms with Crippen molar-refractivity contribution in [2.24, 2.45) is 23.7 Å². The highest BCUT2D eigenvalue weighted by atomic mass is 16.5. The van der Waals surface area contributed by atoms with Crippen molar-refractivity contribution in [1.82, 2.24) is 0 Å². The molecule has 1 aromatic heterocycles. The molecule has 0 amide bonds. The second-order valence-corrected chi connectivity index (χ2v) is 16.5. The van der Waals surface area contributed by atoms with Crippen LogP contribution in [0.5, 0.6) is 11.5 Å². The highest BCUT2D eigenvalue weighted by Gasteiger charge is 2.61. The number of anilines is 3. The van der Waals surface area contributed by atoms with E-state index in [9.17, 15) is 0 Å². The third-order valence-electron chi connectivity index (χ3n) is 13.7. The molecule has 4 saturated carbocycles. The van der Waals surface area contributed by atoms with Gasteiger partial charge in [-0.2, -0.15) is 0 Å². The molecular weight excluding hydrogens is 671 g/mol. The number of ether oxygens (including phenoxy) is 1. The molecule has 0 unspecified atom stereocenters. The van der Waals surface area contributed by atoms with E-state index in [1.54, 1.807) is 0 Å². The predicted octanol–water partition coefficient (Wildman–Crippen LogP) is 14.2. The van der Waals surface area contributed by atoms with Crippen LogP contribution in [0, 0.1) is 23.7 Å². The molecule has 7 aromatic carbocycles. The van der Waals surface area contributed by atoms with Gasteiger partial charge in [0.25, 0.3) is 0 Å². The van der Waals surface area contributed by atoms with Crippen molar-refractivity contribution >= 4 is 39.0 Å². The molecule has 0 saturated heterocycles. The van der Waals surface area contributed by atoms with E-state index in [0.717, 1.165) is 73.5 Å². The Balaban J connectivity index is 1.08. The summed E-state index contributed by atoms with van der Waals surface area (Å²) in [6.07, 6.45) is 6.71. The highest BCUT2D eigenvalue weighted by Crippen LogP contribution is 2.69. The Morgan fingerprint density at radius 3 is 2.00 bits per heavy atom. The first-order valence-corrected chi connectivity index (χ1v) is 20.1. The molecule has 266 valence electrons. The van der Waals surface area contributed by atoms with Crippen LogP contribution >= 0.6 is 0 Å². The van der Waals surface area contributed by atoms with Crippen LogP contribution in [0.2, 0.25) is 0 Å². The number of benzene rings is 7. The first kappa shape index (κ1) is 31.3. The first-order valence-electron chi connectivity index (χ1n) is 20.1. The topological polar surface area (TPSA) is 25.6 Å². The molecule has 0 atom stereocenters. The van der Waals surface area contributed by atoms with Gasteiger partial charge in [-0.3, -0.25) is 0 Å². The molecule has 3 heteroatoms. The minimum Gasteiger partial charge on any atom is -0.457 e. The van der Waals surface area contributed by atoms with Gasteiger partial charge in [0.1, 0.15) is 22.7 Å². The van der Waals surface area contributed by atoms with E-state index < -0.39 is 0 Å². The van der Waals surface area contributed by atoms with Crippen LogP contribution in [-0.4, -0.2) is 0 Å². The normalized spacial score (nSPS) is 23.1. The fraction of sp³-hybridized carbons (Fsp3) is 0.192. The van der Waals surface area contributed by atoms with Crippen LogP contribution in [0.3, 0.4) is 0 Å². The maximum atomic E-state index is 6.86. The van der Waals surface area contributed by atoms with Gasteiger partial charge in [0, 0.05) is 49.8 Å². The Bertz CT molecular complexity index is 2750. The lowest BCUT2D eigenvalue weighted by Crippen LogP contribution is -2.57. The number of rotatable bonds is 5. The van der Waals surface area contributed by atoms with Gasteiger partial charge >= 0.3 is 0 Å². The monoisotopic (exact) mass is 711 g/mol. The van der Waals surface area contributed by atoms with Gasteiger partial charge in [-0.15, -0.1) is 0 Å². The van der Waals surface area contributed by atoms with Gasteiger partial charge < -0.3 is 14.1 Å². The Morgan fingerprint density at radius 1 is 0.473 bits per heavy atom. The minimum atomic E-state index is -0.0446. The molecule has 0 radical (unpaired) electrons. The van der Waals surface area contributed by atoms with Crippen LogP contribution in [0.25, 0.3) is 44.2 Å². The SMILES string of the molecule is c1ccc(-c2ccccc2N(c2cccc(-c3cccc4c3oc3ccccc34)c2)c2ccc3c(c2)C2(c4ccccc4O3)C3CC4CC(C3)CC2C4)cc1. The Hall–Kier alpha value is -6.06. The maximum absolute atomic E-state index is 6.86. The summed E-state index contributed by atoms with van der Waals surface area (Å²) >= 11 is 0. The lowest BCUT2D eigenvalue weighted by molar-refractivity contribution is -0.0452. The number of para-hydroxylation sites is 4. The van der Waals surface area contributed by atoms with Crippen molar-refractivity contribution < 1.29 is 9.15 Å². The molecule has 1 spiro atoms. The van der Waals surface area contributed by atoms with E-state index >= 15 is 0 Å². The Morgan fingerprint density at radius 2 is 1.13 bits per heavy atom. The highest BCUT2D eigenvalue weighted by molar-refractivity contribution is 6.09. The molecular formula is C52H41NO2. The summed E-state index contributed by atoms with van der Waals surface area (Å²) in [5.41, 5.74) is 12.6. The van der Waals surface area contributed by atoms with Gasteiger partial charge in [0.2, 0.25) is 0 Å². The Labute approximate surface area is 321 Å². The molecule has 3 nitrogen and oxygen atoms in total. The smallest absolute Gasteiger partial charge is 0.143 e. The van der Waals surface area contributed by atoms with Gasteiger partial charge in [0.15, 0.2) is 0 Å². The average molecular weight is 712 g/mol. The summed E-state index contributed by atoms with van der Waals surface area (Å²) in [5, 5.41) is 2.28. The number of furan rings is 1. The summed E-state index contributed by atoms with van der Waals surface area (Å²) in [6.45, 7) is 0. The van der Waals surface area contributed by atoms with Crippen molar-refractivity contribution in [1.29, 1.82) is 0 Å². The van der Waals surface area contributed by atoms with Crippen molar-refractivity contribution in [2.45, 2.75) is 37.5 Å². The molecule has 0 N–H and O–H groups in total. The van der Waals surface area contributed by atoms with Gasteiger partial charge in [-0.1, -0.05) is 115 Å². The standard InChI is InChI=1S/C52H41NO2/c1-2-12-35(13-3-1)41-16-4-7-21-47(41)53(39-15-10-14-36(31-39)42-18-11-19-44-43-17-5-8-22-48(43)55-51(42)44)40-24-25-50-46(32-40)52(45-20-6-9-23-49(45)54-50)37-27-33-26-34(29-37)30-38(52)28-33/h1-25,31-34,37-38H,26-30H2. The van der Waals surface area contributed by atoms with Crippen LogP contribution in [0.1, 0.15) is 43.2 Å². The van der Waals surface area contributed by atoms with Crippen molar-refractivity contribution in [3.63, 3.8) is 0 Å². The van der Waals surface area contributed by atoms with Crippen LogP contribution in [0.15, 0.2) is 168 Å². The molecule has 4 bridgehead atoms. The van der Waals surface area contributed by atoms with Gasteiger partial charge in [0.05, 0.1) is 5.69 Å². The van der Waals surface area contributed by atoms with Gasteiger partial charge in [-0.05, 0) is 115 Å². The number of nitrogens with zero attached hydrogens (tertiary/aromatic N) is 1. The fourth-order valence-corrected chi connectivity index (χ4v) is 11.8. The molecule has 4 fully saturated rings. The number of fused-ring (bicyclic) bond motifs is 5. The molecule has 8 aromatic rings. The Kier molecular flexibility index (Phi) is 6.81. The summed E-state index contributed by atoms with van der Waals surface area (Å²) in [5.74, 6) is 5.05. The fourth-order valence-electron chi connectivity index (χ4n) is 11.8. The van der Waals surface area contributed by atoms with E-state index in [1.807, 2.05) is 6.07 Å². The third-order valence-corrected chi connectivity index (χ3v) is 13.7. The number of hydrogen-bond acceptors (Lipinski definition) is 3. The van der Waals surface area contributed by atoms with Gasteiger partial charge in [-0.25, -0.2) is 0 Å². The van der Waals surface area contributed by atoms with Crippen LogP contribution in [0.4, 0.5) is 17.1 Å². The molecule has 2 heterocycles. The molecule has 4 aliphatic carbocycles. The average Bonchev–Trinajstić information content (AvgIpc) is 3.62. The minimum absolute atomic E-state index is 0.0446. The summed E-state index contributed by atoms with van der Waals surface area (Å²) in [4.78, 5) is 2.48. The van der Waals surface area contributed by atoms with E-state index in [0.29, 0.717) is 11.8 Å². The summed E-state index contributed by atoms with van der Waals surface area (Å²) in [7, 11) is 0. The lowest BCUT2D eigenvalue weighted by Gasteiger charge is -2.63. The zero-order chi connectivity index (χ0) is 36.1. The number of hydrogen-bond donors (Lipinski definition) is 0. The predicted molar refractivity (Wildman–Crippen MR) is 224 cm³/mol. The molecule has 13 rings (SSSR count). The molecule has 1 aliphatic heterocycles. The van der Waals surface area contributed by atoms with Crippen molar-refractivity contribution in [2.75, 3.05) is 4.90 Å². The van der Waals surface area contributed by atoms with Crippen LogP contribution in [-0.2, 0) is 5.41 Å². The van der Waals surface area contributed by atoms with Crippen molar-refractivity contribution in [3.05, 3.63) is 175 Å². The summed E-state index contributed by atoms with van der Waals surface area (Å²) in [6, 6.07) is 59.6. The second kappa shape index (κ2) is 12.0. The van der Waals surface area contributed by atoms with E-state index in [1.165, 1.54) is 54.4 Å². The van der Waals surface area contributed by atoms with Crippen molar-refractivity contribution in [3.8, 4) is 33.8 Å². The van der Waals surface area contributed by atoms with Crippen LogP contribution < -0.4 is 9.64 Å². The largest absolute Gasteiger partial charge is 0.457 e. The summed E-state index contributed by atoms with van der Waals surface area (Å²) < 4.78 is 13.4. The lowest BCUT2D eigenvalue weighted by atomic mass is 9.42. The molecule has 5 aliphatic rings. The van der Waals surface area contributed by atoms with E-state index in [2.05, 4.69) is 163 Å². The second-order valence-electron chi connectivity index (χ2n) is 16.5.